The minimum absolute atomic E-state index is 0.0882. The number of hydrogen-bond donors (Lipinski definition) is 1. The molecule has 0 amide bonds. The van der Waals surface area contributed by atoms with Crippen molar-refractivity contribution in [3.63, 3.8) is 0 Å². The molecule has 0 atom stereocenters. The number of ether oxygens (including phenoxy) is 1. The van der Waals surface area contributed by atoms with E-state index in [-0.39, 0.29) is 11.6 Å². The average Bonchev–Trinajstić information content (AvgIpc) is 2.50. The van der Waals surface area contributed by atoms with Gasteiger partial charge in [0.1, 0.15) is 18.2 Å². The Morgan fingerprint density at radius 3 is 2.62 bits per heavy atom. The number of oxime groups is 1. The zero-order valence-electron chi connectivity index (χ0n) is 11.5. The van der Waals surface area contributed by atoms with Crippen LogP contribution >= 0.6 is 11.6 Å². The predicted molar refractivity (Wildman–Crippen MR) is 80.8 cm³/mol. The molecule has 5 heteroatoms. The van der Waals surface area contributed by atoms with Crippen LogP contribution in [0.5, 0.6) is 5.75 Å². The van der Waals surface area contributed by atoms with Crippen molar-refractivity contribution in [3.8, 4) is 5.75 Å². The highest BCUT2D eigenvalue weighted by atomic mass is 35.5. The van der Waals surface area contributed by atoms with Crippen LogP contribution in [0.15, 0.2) is 47.6 Å². The highest BCUT2D eigenvalue weighted by Gasteiger charge is 2.06. The molecule has 3 nitrogen and oxygen atoms in total. The lowest BCUT2D eigenvalue weighted by molar-refractivity contribution is 0.300. The molecule has 0 spiro atoms. The van der Waals surface area contributed by atoms with Gasteiger partial charge in [0, 0.05) is 12.0 Å². The van der Waals surface area contributed by atoms with Crippen LogP contribution in [0.1, 0.15) is 18.1 Å². The Labute approximate surface area is 127 Å². The molecule has 0 bridgehead atoms. The van der Waals surface area contributed by atoms with Gasteiger partial charge < -0.3 is 9.94 Å². The summed E-state index contributed by atoms with van der Waals surface area (Å²) in [5.41, 5.74) is 2.05. The summed E-state index contributed by atoms with van der Waals surface area (Å²) >= 11 is 5.72. The fourth-order valence-corrected chi connectivity index (χ4v) is 2.05. The Hall–Kier alpha value is -2.07. The van der Waals surface area contributed by atoms with Gasteiger partial charge in [0.15, 0.2) is 0 Å². The van der Waals surface area contributed by atoms with Crippen LogP contribution in [0.4, 0.5) is 4.39 Å². The predicted octanol–water partition coefficient (Wildman–Crippen LogP) is 4.45. The van der Waals surface area contributed by atoms with Gasteiger partial charge in [0.05, 0.1) is 10.7 Å². The second-order valence-electron chi connectivity index (χ2n) is 4.66. The van der Waals surface area contributed by atoms with E-state index in [9.17, 15) is 4.39 Å². The summed E-state index contributed by atoms with van der Waals surface area (Å²) in [6, 6.07) is 12.2. The molecule has 0 aromatic heterocycles. The first kappa shape index (κ1) is 15.3. The van der Waals surface area contributed by atoms with Crippen LogP contribution in [-0.2, 0) is 13.0 Å². The molecule has 2 rings (SSSR count). The SMILES string of the molecule is C/C(Cc1ccc(OCc2cccc(Cl)c2F)cc1)=N/O. The van der Waals surface area contributed by atoms with E-state index in [1.54, 1.807) is 31.2 Å². The molecular weight excluding hydrogens is 293 g/mol. The Balaban J connectivity index is 1.99. The fourth-order valence-electron chi connectivity index (χ4n) is 1.86. The Bertz CT molecular complexity index is 641. The van der Waals surface area contributed by atoms with Crippen molar-refractivity contribution in [1.82, 2.24) is 0 Å². The Morgan fingerprint density at radius 1 is 1.24 bits per heavy atom. The van der Waals surface area contributed by atoms with Crippen LogP contribution in [0.25, 0.3) is 0 Å². The van der Waals surface area contributed by atoms with Gasteiger partial charge in [-0.25, -0.2) is 4.39 Å². The molecule has 0 radical (unpaired) electrons. The third-order valence-electron chi connectivity index (χ3n) is 2.98. The Kier molecular flexibility index (Phi) is 5.17. The maximum absolute atomic E-state index is 13.7. The van der Waals surface area contributed by atoms with Gasteiger partial charge in [0.25, 0.3) is 0 Å². The minimum Gasteiger partial charge on any atom is -0.489 e. The molecule has 0 aliphatic heterocycles. The van der Waals surface area contributed by atoms with E-state index < -0.39 is 5.82 Å². The van der Waals surface area contributed by atoms with E-state index >= 15 is 0 Å². The van der Waals surface area contributed by atoms with Gasteiger partial charge in [-0.2, -0.15) is 0 Å². The normalized spacial score (nSPS) is 11.5. The summed E-state index contributed by atoms with van der Waals surface area (Å²) in [6.07, 6.45) is 0.569. The second kappa shape index (κ2) is 7.09. The first-order valence-electron chi connectivity index (χ1n) is 6.42. The fraction of sp³-hybridized carbons (Fsp3) is 0.188. The van der Waals surface area contributed by atoms with Crippen LogP contribution < -0.4 is 4.74 Å². The summed E-state index contributed by atoms with van der Waals surface area (Å²) in [5, 5.41) is 11.8. The average molecular weight is 308 g/mol. The minimum atomic E-state index is -0.453. The maximum Gasteiger partial charge on any atom is 0.148 e. The van der Waals surface area contributed by atoms with Crippen molar-refractivity contribution < 1.29 is 14.3 Å². The topological polar surface area (TPSA) is 41.8 Å². The number of hydrogen-bond acceptors (Lipinski definition) is 3. The Morgan fingerprint density at radius 2 is 1.95 bits per heavy atom. The maximum atomic E-state index is 13.7. The molecule has 110 valence electrons. The lowest BCUT2D eigenvalue weighted by atomic mass is 10.1. The van der Waals surface area contributed by atoms with E-state index in [1.165, 1.54) is 6.07 Å². The highest BCUT2D eigenvalue weighted by molar-refractivity contribution is 6.30. The summed E-state index contributed by atoms with van der Waals surface area (Å²) in [5.74, 6) is 0.183. The van der Waals surface area contributed by atoms with E-state index in [0.717, 1.165) is 5.56 Å². The van der Waals surface area contributed by atoms with Gasteiger partial charge in [-0.15, -0.1) is 0 Å². The third kappa shape index (κ3) is 4.20. The molecule has 0 aliphatic carbocycles. The zero-order valence-corrected chi connectivity index (χ0v) is 12.3. The molecule has 2 aromatic rings. The molecule has 0 saturated heterocycles. The van der Waals surface area contributed by atoms with Crippen molar-refractivity contribution in [3.05, 3.63) is 64.4 Å². The van der Waals surface area contributed by atoms with Crippen molar-refractivity contribution >= 4 is 17.3 Å². The van der Waals surface area contributed by atoms with Crippen molar-refractivity contribution in [1.29, 1.82) is 0 Å². The summed E-state index contributed by atoms with van der Waals surface area (Å²) < 4.78 is 19.2. The van der Waals surface area contributed by atoms with Crippen LogP contribution in [0, 0.1) is 5.82 Å². The van der Waals surface area contributed by atoms with E-state index in [0.29, 0.717) is 23.4 Å². The quantitative estimate of drug-likeness (QED) is 0.504. The molecule has 0 fully saturated rings. The lowest BCUT2D eigenvalue weighted by Crippen LogP contribution is -2.00. The van der Waals surface area contributed by atoms with Gasteiger partial charge >= 0.3 is 0 Å². The second-order valence-corrected chi connectivity index (χ2v) is 5.06. The molecule has 0 aliphatic rings. The third-order valence-corrected chi connectivity index (χ3v) is 3.27. The van der Waals surface area contributed by atoms with Gasteiger partial charge in [0.2, 0.25) is 0 Å². The smallest absolute Gasteiger partial charge is 0.148 e. The summed E-state index contributed by atoms with van der Waals surface area (Å²) in [6.45, 7) is 1.86. The number of rotatable bonds is 5. The number of benzene rings is 2. The molecule has 1 N–H and O–H groups in total. The van der Waals surface area contributed by atoms with Crippen LogP contribution in [-0.4, -0.2) is 10.9 Å². The summed E-state index contributed by atoms with van der Waals surface area (Å²) in [7, 11) is 0. The number of halogens is 2. The number of nitrogens with zero attached hydrogens (tertiary/aromatic N) is 1. The monoisotopic (exact) mass is 307 g/mol. The van der Waals surface area contributed by atoms with Gasteiger partial charge in [-0.1, -0.05) is 41.0 Å². The van der Waals surface area contributed by atoms with E-state index in [1.807, 2.05) is 12.1 Å². The lowest BCUT2D eigenvalue weighted by Gasteiger charge is -2.08. The first-order chi connectivity index (χ1) is 10.1. The van der Waals surface area contributed by atoms with Crippen molar-refractivity contribution in [2.24, 2.45) is 5.16 Å². The largest absolute Gasteiger partial charge is 0.489 e. The molecular formula is C16H15ClFNO2. The van der Waals surface area contributed by atoms with E-state index in [2.05, 4.69) is 5.16 Å². The molecule has 0 heterocycles. The van der Waals surface area contributed by atoms with Gasteiger partial charge in [-0.3, -0.25) is 0 Å². The summed E-state index contributed by atoms with van der Waals surface area (Å²) in [4.78, 5) is 0. The molecule has 0 unspecified atom stereocenters. The molecule has 0 saturated carbocycles. The first-order valence-corrected chi connectivity index (χ1v) is 6.80. The highest BCUT2D eigenvalue weighted by Crippen LogP contribution is 2.20. The van der Waals surface area contributed by atoms with E-state index in [4.69, 9.17) is 21.5 Å². The zero-order chi connectivity index (χ0) is 15.2. The van der Waals surface area contributed by atoms with Crippen LogP contribution in [0.2, 0.25) is 5.02 Å². The van der Waals surface area contributed by atoms with Crippen molar-refractivity contribution in [2.45, 2.75) is 20.0 Å². The van der Waals surface area contributed by atoms with Gasteiger partial charge in [-0.05, 0) is 30.7 Å². The van der Waals surface area contributed by atoms with Crippen LogP contribution in [0.3, 0.4) is 0 Å². The molecule has 21 heavy (non-hydrogen) atoms. The van der Waals surface area contributed by atoms with Crippen molar-refractivity contribution in [2.75, 3.05) is 0 Å². The molecule has 2 aromatic carbocycles. The standard InChI is InChI=1S/C16H15ClFNO2/c1-11(19-20)9-12-5-7-14(8-6-12)21-10-13-3-2-4-15(17)16(13)18/h2-8,20H,9-10H2,1H3/b19-11-.